The molecule has 10 nitrogen and oxygen atoms in total. The zero-order chi connectivity index (χ0) is 31.8. The van der Waals surface area contributed by atoms with Crippen LogP contribution in [0.5, 0.6) is 0 Å². The molecule has 3 N–H and O–H groups in total. The molecule has 0 atom stereocenters. The molecule has 0 bridgehead atoms. The monoisotopic (exact) mass is 634 g/mol. The van der Waals surface area contributed by atoms with E-state index in [0.29, 0.717) is 17.6 Å². The van der Waals surface area contributed by atoms with E-state index >= 15 is 0 Å². The second kappa shape index (κ2) is 14.3. The van der Waals surface area contributed by atoms with Crippen molar-refractivity contribution >= 4 is 44.6 Å². The van der Waals surface area contributed by atoms with Crippen LogP contribution in [-0.2, 0) is 21.4 Å². The number of benzene rings is 3. The Balaban J connectivity index is 0.00000128. The van der Waals surface area contributed by atoms with Crippen LogP contribution in [0, 0.1) is 11.6 Å². The van der Waals surface area contributed by atoms with Crippen molar-refractivity contribution in [3.63, 3.8) is 0 Å². The minimum atomic E-state index is -4.23. The molecule has 1 fully saturated rings. The van der Waals surface area contributed by atoms with Gasteiger partial charge in [-0.25, -0.2) is 27.2 Å². The van der Waals surface area contributed by atoms with Gasteiger partial charge < -0.3 is 19.9 Å². The Hall–Kier alpha value is -4.88. The minimum Gasteiger partial charge on any atom is -0.483 e. The zero-order valence-corrected chi connectivity index (χ0v) is 25.1. The highest BCUT2D eigenvalue weighted by atomic mass is 32.2. The summed E-state index contributed by atoms with van der Waals surface area (Å²) in [6.45, 7) is 4.33. The largest absolute Gasteiger partial charge is 0.483 e. The van der Waals surface area contributed by atoms with Gasteiger partial charge in [0.1, 0.15) is 28.7 Å². The molecule has 1 saturated heterocycles. The second-order valence-electron chi connectivity index (χ2n) is 10.5. The molecule has 0 aliphatic carbocycles. The third kappa shape index (κ3) is 7.99. The van der Waals surface area contributed by atoms with Crippen LogP contribution in [0.3, 0.4) is 0 Å². The van der Waals surface area contributed by atoms with Gasteiger partial charge in [0.2, 0.25) is 0 Å². The number of nitrogens with zero attached hydrogens (tertiary/aromatic N) is 4. The number of nitrogens with one attached hydrogen (secondary N) is 2. The summed E-state index contributed by atoms with van der Waals surface area (Å²) in [5.41, 5.74) is 3.83. The maximum Gasteiger partial charge on any atom is 0.290 e. The summed E-state index contributed by atoms with van der Waals surface area (Å²) >= 11 is 0. The summed E-state index contributed by atoms with van der Waals surface area (Å²) in [4.78, 5) is 19.0. The first-order valence-corrected chi connectivity index (χ1v) is 15.8. The van der Waals surface area contributed by atoms with Gasteiger partial charge in [-0.15, -0.1) is 0 Å². The van der Waals surface area contributed by atoms with Crippen LogP contribution in [0.1, 0.15) is 19.3 Å². The van der Waals surface area contributed by atoms with Gasteiger partial charge in [-0.3, -0.25) is 9.52 Å². The van der Waals surface area contributed by atoms with Crippen molar-refractivity contribution in [2.75, 3.05) is 29.7 Å². The number of hydrogen-bond donors (Lipinski definition) is 3. The van der Waals surface area contributed by atoms with Gasteiger partial charge in [-0.05, 0) is 93.5 Å². The Morgan fingerprint density at radius 1 is 0.889 bits per heavy atom. The number of anilines is 3. The number of fused-ring (bicyclic) bond motifs is 1. The fraction of sp³-hybridized carbons (Fsp3) is 0.219. The molecule has 13 heteroatoms. The average Bonchev–Trinajstić information content (AvgIpc) is 3.68. The predicted molar refractivity (Wildman–Crippen MR) is 169 cm³/mol. The summed E-state index contributed by atoms with van der Waals surface area (Å²) in [5.74, 6) is -1.45. The van der Waals surface area contributed by atoms with Crippen LogP contribution < -0.4 is 10.0 Å². The first-order valence-electron chi connectivity index (χ1n) is 14.3. The predicted octanol–water partition coefficient (Wildman–Crippen LogP) is 6.11. The lowest BCUT2D eigenvalue weighted by atomic mass is 10.1. The Bertz CT molecular complexity index is 1880. The maximum atomic E-state index is 14.0. The number of rotatable bonds is 10. The molecule has 3 aromatic carbocycles. The van der Waals surface area contributed by atoms with Gasteiger partial charge in [-0.1, -0.05) is 6.07 Å². The van der Waals surface area contributed by atoms with E-state index in [1.54, 1.807) is 12.1 Å². The fourth-order valence-electron chi connectivity index (χ4n) is 5.28. The molecule has 1 aliphatic rings. The lowest BCUT2D eigenvalue weighted by Crippen LogP contribution is -2.21. The van der Waals surface area contributed by atoms with Crippen LogP contribution in [-0.4, -0.2) is 59.1 Å². The number of carboxylic acid groups (broad SMARTS) is 1. The highest BCUT2D eigenvalue weighted by Gasteiger charge is 2.20. The molecule has 5 aromatic rings. The first-order chi connectivity index (χ1) is 21.8. The van der Waals surface area contributed by atoms with Crippen molar-refractivity contribution < 1.29 is 27.1 Å². The molecular formula is C32H32F2N6O4S. The lowest BCUT2D eigenvalue weighted by molar-refractivity contribution is -0.122. The minimum absolute atomic E-state index is 0.226. The normalized spacial score (nSPS) is 13.3. The van der Waals surface area contributed by atoms with E-state index in [1.165, 1.54) is 49.9 Å². The standard InChI is InChI=1S/C31H30F2N6O2S.CH2O2/c32-24-5-11-30(27(33)19-24)42(40,41)37-26-8-6-25(7-9-26)36-31-20-28(34-21-35-31)22-4-10-29-23(18-22)12-17-39(29)16-3-15-38-13-1-2-14-38;2-1-3/h4-12,17-21,37H,1-3,13-16H2,(H,34,35,36);1H,(H,2,3). The van der Waals surface area contributed by atoms with Crippen LogP contribution in [0.15, 0.2) is 90.2 Å². The summed E-state index contributed by atoms with van der Waals surface area (Å²) in [6.07, 6.45) is 7.40. The van der Waals surface area contributed by atoms with Gasteiger partial charge in [0.05, 0.1) is 5.69 Å². The van der Waals surface area contributed by atoms with Crippen molar-refractivity contribution in [1.82, 2.24) is 19.4 Å². The number of sulfonamides is 1. The molecule has 0 saturated carbocycles. The number of likely N-dealkylation sites (tertiary alicyclic amines) is 1. The van der Waals surface area contributed by atoms with Crippen molar-refractivity contribution in [1.29, 1.82) is 0 Å². The van der Waals surface area contributed by atoms with Gasteiger partial charge >= 0.3 is 0 Å². The van der Waals surface area contributed by atoms with Crippen molar-refractivity contribution in [2.45, 2.75) is 30.7 Å². The number of hydrogen-bond acceptors (Lipinski definition) is 7. The van der Waals surface area contributed by atoms with E-state index in [0.717, 1.165) is 48.3 Å². The first kappa shape index (κ1) is 31.5. The number of halogens is 2. The Kier molecular flexibility index (Phi) is 10.0. The average molecular weight is 635 g/mol. The molecule has 0 radical (unpaired) electrons. The lowest BCUT2D eigenvalue weighted by Gasteiger charge is -2.14. The highest BCUT2D eigenvalue weighted by Crippen LogP contribution is 2.27. The number of carbonyl (C=O) groups is 1. The Morgan fingerprint density at radius 2 is 1.62 bits per heavy atom. The topological polar surface area (TPSA) is 129 Å². The quantitative estimate of drug-likeness (QED) is 0.157. The number of aryl methyl sites for hydroxylation is 1. The van der Waals surface area contributed by atoms with E-state index in [-0.39, 0.29) is 12.2 Å². The zero-order valence-electron chi connectivity index (χ0n) is 24.2. The molecule has 0 amide bonds. The molecule has 3 heterocycles. The molecule has 0 unspecified atom stereocenters. The van der Waals surface area contributed by atoms with Crippen LogP contribution in [0.2, 0.25) is 0 Å². The smallest absolute Gasteiger partial charge is 0.290 e. The molecular weight excluding hydrogens is 602 g/mol. The van der Waals surface area contributed by atoms with Gasteiger partial charge in [0, 0.05) is 52.7 Å². The van der Waals surface area contributed by atoms with Gasteiger partial charge in [0.25, 0.3) is 16.5 Å². The van der Waals surface area contributed by atoms with Crippen LogP contribution in [0.25, 0.3) is 22.2 Å². The van der Waals surface area contributed by atoms with Crippen LogP contribution >= 0.6 is 0 Å². The summed E-state index contributed by atoms with van der Waals surface area (Å²) in [5, 5.41) is 11.2. The van der Waals surface area contributed by atoms with Gasteiger partial charge in [-0.2, -0.15) is 0 Å². The molecule has 1 aliphatic heterocycles. The second-order valence-corrected chi connectivity index (χ2v) is 12.1. The molecule has 0 spiro atoms. The summed E-state index contributed by atoms with van der Waals surface area (Å²) < 4.78 is 56.9. The SMILES string of the molecule is O=CO.O=S(=O)(Nc1ccc(Nc2cc(-c3ccc4c(ccn4CCCN4CCCC4)c3)ncn2)cc1)c1ccc(F)cc1F. The summed E-state index contributed by atoms with van der Waals surface area (Å²) in [7, 11) is -4.23. The Labute approximate surface area is 259 Å². The third-order valence-corrected chi connectivity index (χ3v) is 8.81. The van der Waals surface area contributed by atoms with E-state index in [9.17, 15) is 17.2 Å². The van der Waals surface area contributed by atoms with E-state index in [2.05, 4.69) is 59.9 Å². The molecule has 2 aromatic heterocycles. The summed E-state index contributed by atoms with van der Waals surface area (Å²) in [6, 6.07) is 19.0. The third-order valence-electron chi connectivity index (χ3n) is 7.40. The van der Waals surface area contributed by atoms with E-state index in [4.69, 9.17) is 9.90 Å². The van der Waals surface area contributed by atoms with E-state index < -0.39 is 26.6 Å². The highest BCUT2D eigenvalue weighted by molar-refractivity contribution is 7.92. The van der Waals surface area contributed by atoms with Crippen molar-refractivity contribution in [3.8, 4) is 11.3 Å². The molecule has 6 rings (SSSR count). The van der Waals surface area contributed by atoms with Crippen molar-refractivity contribution in [3.05, 3.63) is 97.0 Å². The Morgan fingerprint density at radius 3 is 2.36 bits per heavy atom. The van der Waals surface area contributed by atoms with Crippen LogP contribution in [0.4, 0.5) is 26.0 Å². The molecule has 234 valence electrons. The maximum absolute atomic E-state index is 14.0. The van der Waals surface area contributed by atoms with Gasteiger partial charge in [0.15, 0.2) is 0 Å². The molecule has 45 heavy (non-hydrogen) atoms. The fourth-order valence-corrected chi connectivity index (χ4v) is 6.40. The number of aromatic nitrogens is 3. The van der Waals surface area contributed by atoms with Crippen molar-refractivity contribution in [2.24, 2.45) is 0 Å². The van der Waals surface area contributed by atoms with E-state index in [1.807, 2.05) is 6.07 Å².